The second kappa shape index (κ2) is 10.3. The maximum atomic E-state index is 12.9. The summed E-state index contributed by atoms with van der Waals surface area (Å²) in [5.41, 5.74) is 7.13. The first-order valence-corrected chi connectivity index (χ1v) is 14.6. The Labute approximate surface area is 241 Å². The van der Waals surface area contributed by atoms with Crippen LogP contribution in [0.1, 0.15) is 64.1 Å². The highest BCUT2D eigenvalue weighted by molar-refractivity contribution is 5.89. The highest BCUT2D eigenvalue weighted by Gasteiger charge is 2.41. The molecule has 0 saturated heterocycles. The van der Waals surface area contributed by atoms with Crippen LogP contribution in [0.5, 0.6) is 0 Å². The van der Waals surface area contributed by atoms with Gasteiger partial charge in [-0.05, 0) is 63.6 Å². The third kappa shape index (κ3) is 4.94. The van der Waals surface area contributed by atoms with Gasteiger partial charge in [-0.15, -0.1) is 9.50 Å². The summed E-state index contributed by atoms with van der Waals surface area (Å²) >= 11 is 0. The maximum Gasteiger partial charge on any atom is 0.408 e. The molecule has 41 heavy (non-hydrogen) atoms. The van der Waals surface area contributed by atoms with Crippen molar-refractivity contribution in [2.75, 3.05) is 0 Å². The number of benzene rings is 2. The maximum absolute atomic E-state index is 12.9. The van der Waals surface area contributed by atoms with E-state index in [-0.39, 0.29) is 6.09 Å². The summed E-state index contributed by atoms with van der Waals surface area (Å²) in [6.07, 6.45) is 6.22. The first kappa shape index (κ1) is 26.9. The fraction of sp³-hybridized carbons (Fsp3) is 0.353. The summed E-state index contributed by atoms with van der Waals surface area (Å²) in [6.45, 7) is 8.12. The molecule has 3 heterocycles. The predicted octanol–water partition coefficient (Wildman–Crippen LogP) is 7.03. The normalized spacial score (nSPS) is 14.7. The van der Waals surface area contributed by atoms with E-state index < -0.39 is 11.1 Å². The summed E-state index contributed by atoms with van der Waals surface area (Å²) in [4.78, 5) is 22.9. The number of nitrogens with one attached hydrogen (secondary N) is 1. The van der Waals surface area contributed by atoms with Gasteiger partial charge in [-0.1, -0.05) is 72.9 Å². The van der Waals surface area contributed by atoms with Crippen LogP contribution in [-0.2, 0) is 17.3 Å². The van der Waals surface area contributed by atoms with Crippen molar-refractivity contribution in [2.24, 2.45) is 7.05 Å². The number of hydrogen-bond acceptors (Lipinski definition) is 4. The Morgan fingerprint density at radius 2 is 1.80 bits per heavy atom. The van der Waals surface area contributed by atoms with E-state index in [1.807, 2.05) is 33.2 Å². The molecule has 1 saturated carbocycles. The minimum atomic E-state index is -0.487. The zero-order valence-electron chi connectivity index (χ0n) is 24.6. The molecule has 6 rings (SSSR count). The largest absolute Gasteiger partial charge is 0.444 e. The molecule has 1 aliphatic rings. The van der Waals surface area contributed by atoms with Crippen LogP contribution in [0, 0.1) is 6.92 Å². The van der Waals surface area contributed by atoms with Crippen LogP contribution in [0.2, 0.25) is 0 Å². The van der Waals surface area contributed by atoms with Gasteiger partial charge >= 0.3 is 6.09 Å². The predicted molar refractivity (Wildman–Crippen MR) is 161 cm³/mol. The Balaban J connectivity index is 1.40. The second-order valence-corrected chi connectivity index (χ2v) is 11.9. The highest BCUT2D eigenvalue weighted by atomic mass is 16.6. The van der Waals surface area contributed by atoms with Gasteiger partial charge < -0.3 is 10.1 Å². The molecule has 7 heteroatoms. The van der Waals surface area contributed by atoms with E-state index in [9.17, 15) is 4.79 Å². The Hall–Kier alpha value is -4.26. The van der Waals surface area contributed by atoms with Gasteiger partial charge in [-0.25, -0.2) is 9.48 Å². The molecule has 1 N–H and O–H groups in total. The van der Waals surface area contributed by atoms with Gasteiger partial charge in [0.2, 0.25) is 0 Å². The smallest absolute Gasteiger partial charge is 0.408 e. The summed E-state index contributed by atoms with van der Waals surface area (Å²) in [7, 11) is 2.03. The van der Waals surface area contributed by atoms with E-state index in [1.165, 1.54) is 0 Å². The molecule has 5 aromatic rings. The molecule has 1 aliphatic carbocycles. The van der Waals surface area contributed by atoms with Gasteiger partial charge in [-0.3, -0.25) is 0 Å². The Kier molecular flexibility index (Phi) is 6.76. The lowest BCUT2D eigenvalue weighted by atomic mass is 9.71. The SMILES string of the molecule is CCCC(C)(C)OC(=O)NC1(c2ccc(-c3nc4c(cnc5cc(C)n(C)[n+]54)cc3-c3ccccc3)cc2)CCC1. The van der Waals surface area contributed by atoms with Gasteiger partial charge in [0.05, 0.1) is 16.6 Å². The topological polar surface area (TPSA) is 73.1 Å². The van der Waals surface area contributed by atoms with Crippen LogP contribution in [0.25, 0.3) is 39.1 Å². The molecule has 1 fully saturated rings. The summed E-state index contributed by atoms with van der Waals surface area (Å²) in [6, 6.07) is 23.1. The number of nitrogens with zero attached hydrogens (tertiary/aromatic N) is 4. The van der Waals surface area contributed by atoms with Crippen LogP contribution in [0.15, 0.2) is 72.9 Å². The van der Waals surface area contributed by atoms with Crippen molar-refractivity contribution < 1.29 is 14.0 Å². The van der Waals surface area contributed by atoms with E-state index in [4.69, 9.17) is 14.7 Å². The van der Waals surface area contributed by atoms with Crippen molar-refractivity contribution >= 4 is 22.8 Å². The van der Waals surface area contributed by atoms with Crippen molar-refractivity contribution in [1.82, 2.24) is 20.0 Å². The van der Waals surface area contributed by atoms with Crippen molar-refractivity contribution in [1.29, 1.82) is 0 Å². The third-order valence-corrected chi connectivity index (χ3v) is 8.50. The number of aryl methyl sites for hydroxylation is 2. The number of ether oxygens (including phenoxy) is 1. The van der Waals surface area contributed by atoms with Crippen LogP contribution in [0.3, 0.4) is 0 Å². The molecule has 1 amide bonds. The number of pyridine rings is 1. The molecule has 0 radical (unpaired) electrons. The van der Waals surface area contributed by atoms with Crippen LogP contribution in [0.4, 0.5) is 4.79 Å². The molecule has 7 nitrogen and oxygen atoms in total. The average molecular weight is 549 g/mol. The van der Waals surface area contributed by atoms with Crippen LogP contribution >= 0.6 is 0 Å². The van der Waals surface area contributed by atoms with Gasteiger partial charge in [0, 0.05) is 24.2 Å². The van der Waals surface area contributed by atoms with Crippen LogP contribution in [-0.4, -0.2) is 26.3 Å². The standard InChI is InChI=1S/C34H37N5O2/c1-6-17-33(3,4)41-32(40)37-34(18-10-19-34)27-15-13-25(14-16-27)30-28(24-11-8-7-9-12-24)21-26-22-35-29-20-23(2)38(5)39(29)31(26)36-30/h7-9,11-16,20-22H,6,10,17-19H2,1-5H3/p+1. The Morgan fingerprint density at radius 1 is 1.07 bits per heavy atom. The molecule has 3 aromatic heterocycles. The fourth-order valence-corrected chi connectivity index (χ4v) is 6.06. The fourth-order valence-electron chi connectivity index (χ4n) is 6.06. The number of carbonyl (C=O) groups is 1. The highest BCUT2D eigenvalue weighted by Crippen LogP contribution is 2.42. The summed E-state index contributed by atoms with van der Waals surface area (Å²) < 4.78 is 9.96. The summed E-state index contributed by atoms with van der Waals surface area (Å²) in [5.74, 6) is 0. The van der Waals surface area contributed by atoms with E-state index in [0.29, 0.717) is 0 Å². The first-order valence-electron chi connectivity index (χ1n) is 14.6. The first-order chi connectivity index (χ1) is 19.7. The lowest BCUT2D eigenvalue weighted by Gasteiger charge is -2.43. The number of hydrogen-bond donors (Lipinski definition) is 1. The van der Waals surface area contributed by atoms with Gasteiger partial charge in [0.15, 0.2) is 5.69 Å². The lowest BCUT2D eigenvalue weighted by Crippen LogP contribution is -2.52. The van der Waals surface area contributed by atoms with E-state index in [0.717, 1.165) is 82.4 Å². The molecule has 0 atom stereocenters. The van der Waals surface area contributed by atoms with Crippen molar-refractivity contribution in [3.63, 3.8) is 0 Å². The number of rotatable bonds is 7. The van der Waals surface area contributed by atoms with E-state index >= 15 is 0 Å². The zero-order chi connectivity index (χ0) is 28.8. The number of carbonyl (C=O) groups excluding carboxylic acids is 1. The monoisotopic (exact) mass is 548 g/mol. The molecule has 0 bridgehead atoms. The molecular weight excluding hydrogens is 510 g/mol. The number of fused-ring (bicyclic) bond motifs is 3. The quantitative estimate of drug-likeness (QED) is 0.222. The molecular formula is C34H38N5O2+. The Bertz CT molecular complexity index is 1730. The Morgan fingerprint density at radius 3 is 2.46 bits per heavy atom. The zero-order valence-corrected chi connectivity index (χ0v) is 24.6. The van der Waals surface area contributed by atoms with E-state index in [1.54, 1.807) is 0 Å². The van der Waals surface area contributed by atoms with Crippen LogP contribution < -0.4 is 9.83 Å². The third-order valence-electron chi connectivity index (χ3n) is 8.50. The number of alkyl carbamates (subject to hydrolysis) is 1. The molecule has 0 spiro atoms. The van der Waals surface area contributed by atoms with Gasteiger partial charge in [-0.2, -0.15) is 0 Å². The minimum absolute atomic E-state index is 0.345. The average Bonchev–Trinajstić information content (AvgIpc) is 3.23. The van der Waals surface area contributed by atoms with Crippen molar-refractivity contribution in [2.45, 2.75) is 70.9 Å². The van der Waals surface area contributed by atoms with Crippen molar-refractivity contribution in [3.05, 3.63) is 84.2 Å². The second-order valence-electron chi connectivity index (χ2n) is 11.9. The molecule has 0 aliphatic heterocycles. The number of amides is 1. The summed E-state index contributed by atoms with van der Waals surface area (Å²) in [5, 5.41) is 4.20. The van der Waals surface area contributed by atoms with Gasteiger partial charge in [0.25, 0.3) is 11.3 Å². The number of aromatic nitrogens is 4. The van der Waals surface area contributed by atoms with E-state index in [2.05, 4.69) is 89.0 Å². The molecule has 0 unspecified atom stereocenters. The molecule has 2 aromatic carbocycles. The van der Waals surface area contributed by atoms with Gasteiger partial charge in [0.1, 0.15) is 11.8 Å². The minimum Gasteiger partial charge on any atom is -0.444 e. The molecule has 210 valence electrons. The van der Waals surface area contributed by atoms with Crippen molar-refractivity contribution in [3.8, 4) is 22.4 Å². The lowest BCUT2D eigenvalue weighted by molar-refractivity contribution is -0.584.